The van der Waals surface area contributed by atoms with Gasteiger partial charge in [0.2, 0.25) is 0 Å². The van der Waals surface area contributed by atoms with Crippen LogP contribution in [0.2, 0.25) is 0 Å². The van der Waals surface area contributed by atoms with Gasteiger partial charge in [-0.15, -0.1) is 0 Å². The van der Waals surface area contributed by atoms with Crippen LogP contribution in [0.1, 0.15) is 246 Å². The SMILES string of the molecule is C/C=C1/CCC2C3C(CC[C@]12C)[C@@]1(C)CC[C@@H](OC(C)=O)CC1[C@H]1OC(C)(C)O[C@H]31.C/C=C1/CCC2C3C(CC[C@]12C)[C@@]1(C)CC[C@H](O)CC1[C@H]1OC(C)(C)O[C@H]31.C/C=C1/CCC2C3C(CC[C@]12C)[C@@]1(C)CC[C@H](OS(C)(=O)=O)CC1[C@H]1OC(C)(C)O[C@H]31. The number of aliphatic hydroxyl groups excluding tert-OH is 1. The van der Waals surface area contributed by atoms with Crippen molar-refractivity contribution in [1.29, 1.82) is 0 Å². The first-order valence-electron chi connectivity index (χ1n) is 35.9. The Morgan fingerprint density at radius 2 is 0.750 bits per heavy atom. The third-order valence-corrected chi connectivity index (χ3v) is 30.3. The predicted octanol–water partition coefficient (Wildman–Crippen LogP) is 15.8. The Balaban J connectivity index is 0.000000122. The molecule has 12 unspecified atom stereocenters. The molecule has 12 nitrogen and oxygen atoms in total. The number of rotatable bonds is 3. The van der Waals surface area contributed by atoms with Crippen LogP contribution >= 0.6 is 0 Å². The van der Waals surface area contributed by atoms with Crippen LogP contribution in [-0.4, -0.2) is 98.0 Å². The molecular weight excluding hydrogens is 1120 g/mol. The van der Waals surface area contributed by atoms with Gasteiger partial charge in [-0.25, -0.2) is 0 Å². The van der Waals surface area contributed by atoms with Gasteiger partial charge < -0.3 is 38.3 Å². The molecule has 0 radical (unpaired) electrons. The number of esters is 1. The van der Waals surface area contributed by atoms with Crippen molar-refractivity contribution in [2.75, 3.05) is 6.26 Å². The molecule has 3 heterocycles. The quantitative estimate of drug-likeness (QED) is 0.163. The third kappa shape index (κ3) is 10.3. The van der Waals surface area contributed by atoms with Gasteiger partial charge in [0.1, 0.15) is 6.10 Å². The van der Waals surface area contributed by atoms with E-state index in [1.807, 2.05) is 13.8 Å². The molecule has 3 aliphatic heterocycles. The second kappa shape index (κ2) is 22.2. The van der Waals surface area contributed by atoms with E-state index >= 15 is 0 Å². The summed E-state index contributed by atoms with van der Waals surface area (Å²) in [5.41, 5.74) is 6.65. The van der Waals surface area contributed by atoms with Crippen LogP contribution in [-0.2, 0) is 52.3 Å². The molecule has 0 aromatic heterocycles. The van der Waals surface area contributed by atoms with E-state index in [1.54, 1.807) is 16.7 Å². The molecule has 15 rings (SSSR count). The van der Waals surface area contributed by atoms with E-state index in [9.17, 15) is 18.3 Å². The molecule has 0 aromatic rings. The van der Waals surface area contributed by atoms with E-state index in [1.165, 1.54) is 90.2 Å². The van der Waals surface area contributed by atoms with Gasteiger partial charge in [-0.05, 0) is 301 Å². The molecule has 12 aliphatic carbocycles. The van der Waals surface area contributed by atoms with Crippen molar-refractivity contribution in [3.63, 3.8) is 0 Å². The highest BCUT2D eigenvalue weighted by Crippen LogP contribution is 2.73. The lowest BCUT2D eigenvalue weighted by Crippen LogP contribution is -2.63. The standard InChI is InChI=1S/C26H40O4.C25H40O5S.C24H38O3/c1-7-16-8-9-18-21-19(11-13-25(16,18)5)26(6)12-10-17(28-15(2)27)14-20(26)22-23(21)30-24(3,4)29-22;1-7-15-8-9-17-20-18(11-13-24(15,17)4)25(5)12-10-16(30-31(6,26)27)14-19(25)21-22(20)29-23(2,3)28-21;1-6-14-7-8-16-19-17(10-12-23(14,16)4)24(5)11-9-15(25)13-18(24)20-21(19)27-22(2,3)26-20/h7,17-23H,8-14H2,1-6H3;7,16-22H,8-14H2,1-6H3;6,15-21,25H,7-13H2,1-5H3/b16-7-;15-7-;14-6-/t17-,18?,19?,20?,21?,22-,23-,25-,26-;16-,17?,18?,19?,20?,21+,22+,24+,25+;15-,16?,17?,18?,19?,20+,21+,23+,24+/m100/s1. The summed E-state index contributed by atoms with van der Waals surface area (Å²) in [4.78, 5) is 11.6. The van der Waals surface area contributed by atoms with E-state index in [4.69, 9.17) is 37.3 Å². The van der Waals surface area contributed by atoms with E-state index < -0.39 is 27.5 Å². The van der Waals surface area contributed by atoms with Crippen LogP contribution in [0.25, 0.3) is 0 Å². The monoisotopic (exact) mass is 1240 g/mol. The number of carbonyl (C=O) groups excluding carboxylic acids is 1. The Morgan fingerprint density at radius 3 is 1.09 bits per heavy atom. The first-order valence-corrected chi connectivity index (χ1v) is 37.8. The molecule has 15 fully saturated rings. The van der Waals surface area contributed by atoms with Crippen molar-refractivity contribution >= 4 is 16.1 Å². The Hall–Kier alpha value is -1.68. The van der Waals surface area contributed by atoms with Gasteiger partial charge in [-0.2, -0.15) is 8.42 Å². The van der Waals surface area contributed by atoms with Gasteiger partial charge in [-0.3, -0.25) is 8.98 Å². The number of fused-ring (bicyclic) bond motifs is 24. The number of hydrogen-bond acceptors (Lipinski definition) is 12. The second-order valence-corrected chi connectivity index (χ2v) is 36.6. The zero-order valence-electron chi connectivity index (χ0n) is 57.6. The van der Waals surface area contributed by atoms with Gasteiger partial charge in [0, 0.05) is 6.92 Å². The average molecular weight is 1240 g/mol. The van der Waals surface area contributed by atoms with Crippen LogP contribution in [0.5, 0.6) is 0 Å². The molecule has 0 bridgehead atoms. The number of carbonyl (C=O) groups is 1. The molecule has 496 valence electrons. The Bertz CT molecular complexity index is 2890. The molecule has 0 amide bonds. The minimum atomic E-state index is -3.46. The Labute approximate surface area is 531 Å². The average Bonchev–Trinajstić information content (AvgIpc) is 1.41. The molecule has 0 aromatic carbocycles. The first-order chi connectivity index (χ1) is 41.2. The van der Waals surface area contributed by atoms with Crippen LogP contribution in [0.15, 0.2) is 34.9 Å². The highest BCUT2D eigenvalue weighted by Gasteiger charge is 2.72. The first kappa shape index (κ1) is 65.0. The fourth-order valence-electron chi connectivity index (χ4n) is 26.1. The van der Waals surface area contributed by atoms with Gasteiger partial charge in [0.15, 0.2) is 17.4 Å². The summed E-state index contributed by atoms with van der Waals surface area (Å²) in [6.07, 6.45) is 32.6. The molecule has 13 heteroatoms. The third-order valence-electron chi connectivity index (χ3n) is 29.7. The van der Waals surface area contributed by atoms with Crippen LogP contribution < -0.4 is 0 Å². The van der Waals surface area contributed by atoms with E-state index in [0.29, 0.717) is 70.0 Å². The van der Waals surface area contributed by atoms with Crippen LogP contribution in [0.4, 0.5) is 0 Å². The molecule has 15 aliphatic rings. The zero-order chi connectivity index (χ0) is 63.1. The van der Waals surface area contributed by atoms with Crippen molar-refractivity contribution in [1.82, 2.24) is 0 Å². The molecule has 3 saturated heterocycles. The van der Waals surface area contributed by atoms with Crippen LogP contribution in [0, 0.1) is 104 Å². The molecular formula is C75H118O12S. The minimum Gasteiger partial charge on any atom is -0.463 e. The van der Waals surface area contributed by atoms with Crippen molar-refractivity contribution in [3.8, 4) is 0 Å². The van der Waals surface area contributed by atoms with Gasteiger partial charge in [0.25, 0.3) is 10.1 Å². The summed E-state index contributed by atoms with van der Waals surface area (Å²) in [5.74, 6) is 5.05. The summed E-state index contributed by atoms with van der Waals surface area (Å²) in [6.45, 7) is 35.7. The molecule has 12 saturated carbocycles. The summed E-state index contributed by atoms with van der Waals surface area (Å²) in [6, 6.07) is 0. The van der Waals surface area contributed by atoms with Gasteiger partial charge in [0.05, 0.1) is 55.1 Å². The van der Waals surface area contributed by atoms with E-state index in [-0.39, 0.29) is 88.5 Å². The van der Waals surface area contributed by atoms with Gasteiger partial charge >= 0.3 is 5.97 Å². The normalized spacial score (nSPS) is 54.2. The number of hydrogen-bond donors (Lipinski definition) is 1. The van der Waals surface area contributed by atoms with Gasteiger partial charge in [-0.1, -0.05) is 76.5 Å². The fourth-order valence-corrected chi connectivity index (χ4v) is 26.8. The lowest BCUT2D eigenvalue weighted by Gasteiger charge is -2.63. The Kier molecular flexibility index (Phi) is 16.4. The number of aliphatic hydroxyl groups is 1. The van der Waals surface area contributed by atoms with Crippen LogP contribution in [0.3, 0.4) is 0 Å². The maximum atomic E-state index is 11.8. The lowest BCUT2D eigenvalue weighted by molar-refractivity contribution is -0.190. The summed E-state index contributed by atoms with van der Waals surface area (Å²) in [7, 11) is -3.46. The van der Waals surface area contributed by atoms with Crippen molar-refractivity contribution in [2.24, 2.45) is 104 Å². The zero-order valence-corrected chi connectivity index (χ0v) is 58.4. The molecule has 27 atom stereocenters. The molecule has 1 N–H and O–H groups in total. The summed E-state index contributed by atoms with van der Waals surface area (Å²) < 4.78 is 74.7. The fraction of sp³-hybridized carbons (Fsp3) is 0.907. The lowest BCUT2D eigenvalue weighted by atomic mass is 9.43. The largest absolute Gasteiger partial charge is 0.463 e. The highest BCUT2D eigenvalue weighted by atomic mass is 32.2. The molecule has 0 spiro atoms. The topological polar surface area (TPSA) is 145 Å². The minimum absolute atomic E-state index is 0.0178. The maximum absolute atomic E-state index is 11.8. The van der Waals surface area contributed by atoms with Crippen molar-refractivity contribution in [2.45, 2.75) is 318 Å². The Morgan fingerprint density at radius 1 is 0.432 bits per heavy atom. The predicted molar refractivity (Wildman–Crippen MR) is 342 cm³/mol. The second-order valence-electron chi connectivity index (χ2n) is 35.0. The number of allylic oxidation sites excluding steroid dienone is 6. The number of ether oxygens (including phenoxy) is 7. The summed E-state index contributed by atoms with van der Waals surface area (Å²) in [5, 5.41) is 10.5. The van der Waals surface area contributed by atoms with E-state index in [0.717, 1.165) is 63.7 Å². The molecule has 88 heavy (non-hydrogen) atoms. The van der Waals surface area contributed by atoms with Crippen molar-refractivity contribution in [3.05, 3.63) is 34.9 Å². The maximum Gasteiger partial charge on any atom is 0.302 e. The summed E-state index contributed by atoms with van der Waals surface area (Å²) >= 11 is 0. The smallest absolute Gasteiger partial charge is 0.302 e. The van der Waals surface area contributed by atoms with Crippen molar-refractivity contribution < 1.29 is 55.7 Å². The van der Waals surface area contributed by atoms with E-state index in [2.05, 4.69) is 108 Å². The highest BCUT2D eigenvalue weighted by molar-refractivity contribution is 7.86.